The van der Waals surface area contributed by atoms with Gasteiger partial charge in [0.1, 0.15) is 4.90 Å². The summed E-state index contributed by atoms with van der Waals surface area (Å²) < 4.78 is 106. The molecule has 0 amide bonds. The van der Waals surface area contributed by atoms with E-state index in [-0.39, 0.29) is 27.2 Å². The molecule has 0 aliphatic rings. The number of halogens is 7. The Morgan fingerprint density at radius 1 is 0.781 bits per heavy atom. The predicted molar refractivity (Wildman–Crippen MR) is 109 cm³/mol. The average Bonchev–Trinajstić information content (AvgIpc) is 2.65. The zero-order chi connectivity index (χ0) is 23.9. The highest BCUT2D eigenvalue weighted by atomic mass is 35.5. The molecule has 1 N–H and O–H groups in total. The Morgan fingerprint density at radius 2 is 1.38 bits per heavy atom. The topological polar surface area (TPSA) is 46.2 Å². The van der Waals surface area contributed by atoms with Crippen LogP contribution in [0.15, 0.2) is 65.6 Å². The van der Waals surface area contributed by atoms with Gasteiger partial charge in [0.2, 0.25) is 0 Å². The van der Waals surface area contributed by atoms with Gasteiger partial charge in [-0.05, 0) is 66.1 Å². The van der Waals surface area contributed by atoms with Gasteiger partial charge in [0.15, 0.2) is 0 Å². The van der Waals surface area contributed by atoms with E-state index >= 15 is 0 Å². The molecule has 32 heavy (non-hydrogen) atoms. The summed E-state index contributed by atoms with van der Waals surface area (Å²) in [4.78, 5) is -0.382. The first kappa shape index (κ1) is 23.9. The number of rotatable bonds is 4. The van der Waals surface area contributed by atoms with Crippen molar-refractivity contribution in [1.82, 2.24) is 0 Å². The van der Waals surface area contributed by atoms with Gasteiger partial charge in [-0.2, -0.15) is 26.3 Å². The van der Waals surface area contributed by atoms with E-state index in [2.05, 4.69) is 4.72 Å². The van der Waals surface area contributed by atoms with Crippen LogP contribution in [0.3, 0.4) is 0 Å². The van der Waals surface area contributed by atoms with Crippen LogP contribution < -0.4 is 4.72 Å². The number of hydrogen-bond acceptors (Lipinski definition) is 2. The van der Waals surface area contributed by atoms with Gasteiger partial charge in [-0.1, -0.05) is 29.8 Å². The van der Waals surface area contributed by atoms with Crippen molar-refractivity contribution in [2.45, 2.75) is 24.2 Å². The zero-order valence-corrected chi connectivity index (χ0v) is 17.7. The smallest absolute Gasteiger partial charge is 0.280 e. The van der Waals surface area contributed by atoms with Gasteiger partial charge in [0.05, 0.1) is 16.1 Å². The molecule has 0 fully saturated rings. The molecule has 3 aromatic carbocycles. The van der Waals surface area contributed by atoms with Crippen LogP contribution in [0.2, 0.25) is 5.02 Å². The highest BCUT2D eigenvalue weighted by molar-refractivity contribution is 7.92. The molecule has 0 heterocycles. The van der Waals surface area contributed by atoms with E-state index in [9.17, 15) is 34.8 Å². The third kappa shape index (κ3) is 5.36. The Labute approximate surface area is 184 Å². The number of nitrogens with one attached hydrogen (secondary N) is 1. The summed E-state index contributed by atoms with van der Waals surface area (Å²) in [7, 11) is -4.16. The van der Waals surface area contributed by atoms with Crippen LogP contribution in [0.4, 0.5) is 32.0 Å². The van der Waals surface area contributed by atoms with E-state index < -0.39 is 39.1 Å². The van der Waals surface area contributed by atoms with Crippen molar-refractivity contribution in [3.05, 3.63) is 82.4 Å². The zero-order valence-electron chi connectivity index (χ0n) is 16.1. The second-order valence-corrected chi connectivity index (χ2v) is 8.97. The van der Waals surface area contributed by atoms with Crippen LogP contribution in [0.25, 0.3) is 11.1 Å². The lowest BCUT2D eigenvalue weighted by Gasteiger charge is -2.15. The molecule has 0 bridgehead atoms. The summed E-state index contributed by atoms with van der Waals surface area (Å²) in [5, 5.41) is -0.367. The molecule has 3 rings (SSSR count). The molecule has 0 saturated carbocycles. The van der Waals surface area contributed by atoms with Crippen LogP contribution in [-0.2, 0) is 22.4 Å². The molecule has 11 heteroatoms. The fourth-order valence-electron chi connectivity index (χ4n) is 2.94. The van der Waals surface area contributed by atoms with Gasteiger partial charge in [-0.3, -0.25) is 4.72 Å². The van der Waals surface area contributed by atoms with Crippen molar-refractivity contribution in [3.63, 3.8) is 0 Å². The van der Waals surface area contributed by atoms with Crippen molar-refractivity contribution in [2.24, 2.45) is 0 Å². The molecule has 0 saturated heterocycles. The summed E-state index contributed by atoms with van der Waals surface area (Å²) in [6, 6.07) is 10.7. The highest BCUT2D eigenvalue weighted by Gasteiger charge is 2.37. The molecule has 0 unspecified atom stereocenters. The van der Waals surface area contributed by atoms with E-state index in [1.54, 1.807) is 25.1 Å². The monoisotopic (exact) mass is 493 g/mol. The normalized spacial score (nSPS) is 12.6. The third-order valence-corrected chi connectivity index (χ3v) is 6.28. The minimum Gasteiger partial charge on any atom is -0.280 e. The molecular formula is C21H14ClF6NO2S. The van der Waals surface area contributed by atoms with E-state index in [4.69, 9.17) is 11.6 Å². The SMILES string of the molecule is Cc1cccc(NS(=O)(=O)c2ccc(-c3cc(C(F)(F)F)cc(C(F)(F)F)c3)cc2Cl)c1. The van der Waals surface area contributed by atoms with Crippen molar-refractivity contribution < 1.29 is 34.8 Å². The molecule has 0 radical (unpaired) electrons. The molecule has 3 aromatic rings. The van der Waals surface area contributed by atoms with Gasteiger partial charge in [-0.25, -0.2) is 8.42 Å². The predicted octanol–water partition coefficient (Wildman–Crippen LogP) is 7.15. The number of sulfonamides is 1. The lowest BCUT2D eigenvalue weighted by Crippen LogP contribution is -2.13. The van der Waals surface area contributed by atoms with Gasteiger partial charge in [0.25, 0.3) is 10.0 Å². The number of benzene rings is 3. The Kier molecular flexibility index (Phi) is 6.23. The molecule has 0 aliphatic heterocycles. The fourth-order valence-corrected chi connectivity index (χ4v) is 4.53. The maximum absolute atomic E-state index is 13.1. The second kappa shape index (κ2) is 8.32. The summed E-state index contributed by atoms with van der Waals surface area (Å²) >= 11 is 6.06. The maximum Gasteiger partial charge on any atom is 0.416 e. The van der Waals surface area contributed by atoms with Gasteiger partial charge in [0, 0.05) is 5.69 Å². The number of aryl methyl sites for hydroxylation is 1. The lowest BCUT2D eigenvalue weighted by molar-refractivity contribution is -0.143. The van der Waals surface area contributed by atoms with Crippen LogP contribution in [0.1, 0.15) is 16.7 Å². The standard InChI is InChI=1S/C21H14ClF6NO2S/c1-12-3-2-4-17(7-12)29-32(30,31)19-6-5-13(10-18(19)22)14-8-15(20(23,24)25)11-16(9-14)21(26,27)28/h2-11,29H,1H3. The first-order valence-electron chi connectivity index (χ1n) is 8.86. The van der Waals surface area contributed by atoms with Gasteiger partial charge >= 0.3 is 12.4 Å². The van der Waals surface area contributed by atoms with Crippen LogP contribution in [0, 0.1) is 6.92 Å². The minimum absolute atomic E-state index is 0.00963. The maximum atomic E-state index is 13.1. The van der Waals surface area contributed by atoms with E-state index in [0.29, 0.717) is 12.1 Å². The molecule has 0 spiro atoms. The third-order valence-electron chi connectivity index (χ3n) is 4.41. The number of alkyl halides is 6. The van der Waals surface area contributed by atoms with Gasteiger partial charge in [-0.15, -0.1) is 0 Å². The first-order valence-corrected chi connectivity index (χ1v) is 10.7. The quantitative estimate of drug-likeness (QED) is 0.392. The summed E-state index contributed by atoms with van der Waals surface area (Å²) in [6.45, 7) is 1.75. The number of hydrogen-bond donors (Lipinski definition) is 1. The van der Waals surface area contributed by atoms with Crippen molar-refractivity contribution >= 4 is 27.3 Å². The molecular weight excluding hydrogens is 480 g/mol. The fraction of sp³-hybridized carbons (Fsp3) is 0.143. The minimum atomic E-state index is -5.01. The van der Waals surface area contributed by atoms with E-state index in [1.807, 2.05) is 0 Å². The first-order chi connectivity index (χ1) is 14.7. The molecule has 0 atom stereocenters. The average molecular weight is 494 g/mol. The van der Waals surface area contributed by atoms with Crippen LogP contribution >= 0.6 is 11.6 Å². The van der Waals surface area contributed by atoms with Crippen molar-refractivity contribution in [1.29, 1.82) is 0 Å². The number of anilines is 1. The Bertz CT molecular complexity index is 1240. The van der Waals surface area contributed by atoms with Crippen LogP contribution in [-0.4, -0.2) is 8.42 Å². The Morgan fingerprint density at radius 3 is 1.88 bits per heavy atom. The summed E-state index contributed by atoms with van der Waals surface area (Å²) in [6.07, 6.45) is -10.0. The molecule has 0 aliphatic carbocycles. The second-order valence-electron chi connectivity index (χ2n) is 6.91. The van der Waals surface area contributed by atoms with Gasteiger partial charge < -0.3 is 0 Å². The van der Waals surface area contributed by atoms with E-state index in [1.165, 1.54) is 6.07 Å². The summed E-state index contributed by atoms with van der Waals surface area (Å²) in [5.41, 5.74) is -2.45. The van der Waals surface area contributed by atoms with Crippen molar-refractivity contribution in [3.8, 4) is 11.1 Å². The van der Waals surface area contributed by atoms with Crippen molar-refractivity contribution in [2.75, 3.05) is 4.72 Å². The lowest BCUT2D eigenvalue weighted by atomic mass is 9.99. The highest BCUT2D eigenvalue weighted by Crippen LogP contribution is 2.39. The largest absolute Gasteiger partial charge is 0.416 e. The van der Waals surface area contributed by atoms with E-state index in [0.717, 1.165) is 23.8 Å². The Balaban J connectivity index is 2.04. The molecule has 0 aromatic heterocycles. The summed E-state index contributed by atoms with van der Waals surface area (Å²) in [5.74, 6) is 0. The van der Waals surface area contributed by atoms with Crippen LogP contribution in [0.5, 0.6) is 0 Å². The molecule has 170 valence electrons. The molecule has 3 nitrogen and oxygen atoms in total. The Hall–Kier alpha value is -2.72.